The molecule has 0 amide bonds. The number of hydrogen-bond acceptors (Lipinski definition) is 16. The fourth-order valence-corrected chi connectivity index (χ4v) is 4.24. The third-order valence-electron chi connectivity index (χ3n) is 6.49. The molecule has 0 bridgehead atoms. The van der Waals surface area contributed by atoms with E-state index in [4.69, 9.17) is 20.9 Å². The second-order valence-electron chi connectivity index (χ2n) is 9.55. The number of carbonyl (C=O) groups excluding carboxylic acids is 2. The molecule has 5 aromatic heterocycles. The number of aryl methyl sites for hydroxylation is 4. The molecular weight excluding hydrogens is 600 g/mol. The lowest BCUT2D eigenvalue weighted by atomic mass is 10.3. The summed E-state index contributed by atoms with van der Waals surface area (Å²) in [6.45, 7) is 7.19. The van der Waals surface area contributed by atoms with Gasteiger partial charge in [0.25, 0.3) is 0 Å². The van der Waals surface area contributed by atoms with Crippen molar-refractivity contribution in [2.24, 2.45) is 34.6 Å². The third kappa shape index (κ3) is 5.77. The first-order valence-electron chi connectivity index (χ1n) is 13.8. The Morgan fingerprint density at radius 3 is 1.54 bits per heavy atom. The predicted molar refractivity (Wildman–Crippen MR) is 161 cm³/mol. The van der Waals surface area contributed by atoms with Crippen molar-refractivity contribution in [1.82, 2.24) is 49.1 Å². The molecule has 46 heavy (non-hydrogen) atoms. The Balaban J connectivity index is 1.45. The molecule has 238 valence electrons. The zero-order chi connectivity index (χ0) is 33.1. The van der Waals surface area contributed by atoms with Crippen molar-refractivity contribution in [3.8, 4) is 11.6 Å². The molecule has 5 rings (SSSR count). The van der Waals surface area contributed by atoms with E-state index in [1.54, 1.807) is 47.9 Å². The first-order chi connectivity index (χ1) is 22.0. The molecule has 0 aliphatic carbocycles. The van der Waals surface area contributed by atoms with Gasteiger partial charge in [0.05, 0.1) is 37.0 Å². The van der Waals surface area contributed by atoms with E-state index in [0.717, 1.165) is 0 Å². The minimum absolute atomic E-state index is 0.124. The summed E-state index contributed by atoms with van der Waals surface area (Å²) in [4.78, 5) is 33.2. The summed E-state index contributed by atoms with van der Waals surface area (Å²) in [6, 6.07) is 1.56. The van der Waals surface area contributed by atoms with E-state index in [1.165, 1.54) is 37.4 Å². The first kappa shape index (κ1) is 31.1. The molecule has 20 nitrogen and oxygen atoms in total. The average Bonchev–Trinajstić information content (AvgIpc) is 3.75. The number of nitrogens with zero attached hydrogens (tertiary/aromatic N) is 14. The monoisotopic (exact) mass is 630 g/mol. The molecule has 0 radical (unpaired) electrons. The molecule has 20 heteroatoms. The van der Waals surface area contributed by atoms with Crippen molar-refractivity contribution < 1.29 is 19.1 Å². The second-order valence-corrected chi connectivity index (χ2v) is 9.55. The fraction of sp³-hybridized carbons (Fsp3) is 0.308. The average molecular weight is 631 g/mol. The maximum Gasteiger partial charge on any atom is 0.343 e. The lowest BCUT2D eigenvalue weighted by molar-refractivity contribution is 0.0517. The largest absolute Gasteiger partial charge is 0.462 e. The highest BCUT2D eigenvalue weighted by Crippen LogP contribution is 2.33. The van der Waals surface area contributed by atoms with Crippen molar-refractivity contribution in [3.63, 3.8) is 0 Å². The van der Waals surface area contributed by atoms with Crippen LogP contribution in [0.25, 0.3) is 11.6 Å². The van der Waals surface area contributed by atoms with Crippen LogP contribution in [-0.2, 0) is 23.6 Å². The summed E-state index contributed by atoms with van der Waals surface area (Å²) in [5.41, 5.74) is 14.5. The Morgan fingerprint density at radius 1 is 0.739 bits per heavy atom. The van der Waals surface area contributed by atoms with Gasteiger partial charge in [0.15, 0.2) is 46.3 Å². The van der Waals surface area contributed by atoms with Gasteiger partial charge < -0.3 is 20.9 Å². The lowest BCUT2D eigenvalue weighted by Crippen LogP contribution is -2.09. The molecule has 4 N–H and O–H groups in total. The van der Waals surface area contributed by atoms with Gasteiger partial charge in [-0.25, -0.2) is 28.9 Å². The van der Waals surface area contributed by atoms with Gasteiger partial charge in [0.1, 0.15) is 17.5 Å². The first-order valence-corrected chi connectivity index (χ1v) is 13.8. The smallest absolute Gasteiger partial charge is 0.343 e. The van der Waals surface area contributed by atoms with Crippen molar-refractivity contribution in [2.75, 3.05) is 24.7 Å². The molecule has 0 saturated heterocycles. The minimum Gasteiger partial charge on any atom is -0.462 e. The molecule has 5 aromatic rings. The topological polar surface area (TPSA) is 251 Å². The predicted octanol–water partition coefficient (Wildman–Crippen LogP) is 3.28. The number of ether oxygens (including phenoxy) is 2. The van der Waals surface area contributed by atoms with Crippen LogP contribution in [0.4, 0.5) is 34.6 Å². The van der Waals surface area contributed by atoms with E-state index in [-0.39, 0.29) is 70.6 Å². The third-order valence-corrected chi connectivity index (χ3v) is 6.49. The number of anilines is 2. The van der Waals surface area contributed by atoms with Gasteiger partial charge in [-0.05, 0) is 27.7 Å². The number of rotatable bonds is 10. The van der Waals surface area contributed by atoms with E-state index in [0.29, 0.717) is 11.4 Å². The zero-order valence-corrected chi connectivity index (χ0v) is 25.8. The molecule has 0 atom stereocenters. The zero-order valence-electron chi connectivity index (χ0n) is 25.8. The molecular formula is C26H30N16O4. The summed E-state index contributed by atoms with van der Waals surface area (Å²) in [5.74, 6) is 0.0368. The van der Waals surface area contributed by atoms with Crippen molar-refractivity contribution in [3.05, 3.63) is 47.3 Å². The quantitative estimate of drug-likeness (QED) is 0.166. The van der Waals surface area contributed by atoms with Crippen molar-refractivity contribution >= 4 is 46.6 Å². The van der Waals surface area contributed by atoms with Crippen LogP contribution in [0, 0.1) is 13.8 Å². The number of nitrogens with two attached hydrogens (primary N) is 2. The summed E-state index contributed by atoms with van der Waals surface area (Å²) in [6.07, 6.45) is 4.00. The van der Waals surface area contributed by atoms with Gasteiger partial charge in [0.2, 0.25) is 0 Å². The number of aromatic nitrogens is 10. The van der Waals surface area contributed by atoms with E-state index in [2.05, 4.69) is 50.8 Å². The Bertz CT molecular complexity index is 1860. The van der Waals surface area contributed by atoms with Gasteiger partial charge in [-0.1, -0.05) is 0 Å². The van der Waals surface area contributed by atoms with Crippen molar-refractivity contribution in [1.29, 1.82) is 0 Å². The highest BCUT2D eigenvalue weighted by Gasteiger charge is 2.22. The van der Waals surface area contributed by atoms with E-state index < -0.39 is 11.9 Å². The maximum absolute atomic E-state index is 12.3. The molecule has 0 aromatic carbocycles. The summed E-state index contributed by atoms with van der Waals surface area (Å²) in [7, 11) is 3.24. The van der Waals surface area contributed by atoms with Crippen LogP contribution in [-0.4, -0.2) is 74.2 Å². The normalized spacial score (nSPS) is 11.6. The number of hydrogen-bond donors (Lipinski definition) is 2. The van der Waals surface area contributed by atoms with Gasteiger partial charge in [-0.2, -0.15) is 29.8 Å². The fourth-order valence-electron chi connectivity index (χ4n) is 4.24. The van der Waals surface area contributed by atoms with Crippen LogP contribution in [0.15, 0.2) is 45.2 Å². The van der Waals surface area contributed by atoms with Gasteiger partial charge in [-0.15, -0.1) is 20.5 Å². The number of esters is 2. The standard InChI is InChI=1S/C26H30N16O4/c1-7-45-25(43)15-10-31-39(5)23(15)35-33-19-13(3)37-41(21(19)27)17-9-18(30-12-29-17)42-22(28)20(14(4)38-42)34-36-24-16(11-32-40(24)6)26(44)46-8-2/h9-12H,7-8,27-28H2,1-6H3. The van der Waals surface area contributed by atoms with Gasteiger partial charge >= 0.3 is 11.9 Å². The highest BCUT2D eigenvalue weighted by molar-refractivity contribution is 5.94. The van der Waals surface area contributed by atoms with E-state index >= 15 is 0 Å². The van der Waals surface area contributed by atoms with Gasteiger partial charge in [0, 0.05) is 20.2 Å². The Hall–Kier alpha value is -6.34. The lowest BCUT2D eigenvalue weighted by Gasteiger charge is -2.06. The van der Waals surface area contributed by atoms with Gasteiger partial charge in [-0.3, -0.25) is 0 Å². The number of azo groups is 2. The number of nitrogen functional groups attached to an aromatic ring is 2. The van der Waals surface area contributed by atoms with Crippen LogP contribution < -0.4 is 11.5 Å². The minimum atomic E-state index is -0.574. The Kier molecular flexibility index (Phi) is 8.60. The van der Waals surface area contributed by atoms with E-state index in [9.17, 15) is 9.59 Å². The second kappa shape index (κ2) is 12.7. The van der Waals surface area contributed by atoms with Crippen LogP contribution in [0.3, 0.4) is 0 Å². The SMILES string of the molecule is CCOC(=O)c1cnn(C)c1N=Nc1c(C)nn(-c2cc(-n3nc(C)c(N=Nc4c(C(=O)OCC)cnn4C)c3N)ncn2)c1N. The van der Waals surface area contributed by atoms with Crippen molar-refractivity contribution in [2.45, 2.75) is 27.7 Å². The Labute approximate surface area is 260 Å². The van der Waals surface area contributed by atoms with E-state index in [1.807, 2.05) is 0 Å². The Morgan fingerprint density at radius 2 is 1.15 bits per heavy atom. The summed E-state index contributed by atoms with van der Waals surface area (Å²) < 4.78 is 15.6. The molecule has 0 aliphatic rings. The summed E-state index contributed by atoms with van der Waals surface area (Å²) in [5, 5.41) is 34.0. The maximum atomic E-state index is 12.3. The molecule has 0 spiro atoms. The number of carbonyl (C=O) groups is 2. The molecule has 0 saturated carbocycles. The molecule has 0 aliphatic heterocycles. The van der Waals surface area contributed by atoms with Crippen LogP contribution >= 0.6 is 0 Å². The molecule has 5 heterocycles. The van der Waals surface area contributed by atoms with Crippen LogP contribution in [0.1, 0.15) is 46.0 Å². The van der Waals surface area contributed by atoms with Crippen LogP contribution in [0.5, 0.6) is 0 Å². The summed E-state index contributed by atoms with van der Waals surface area (Å²) >= 11 is 0. The highest BCUT2D eigenvalue weighted by atomic mass is 16.5. The van der Waals surface area contributed by atoms with Crippen LogP contribution in [0.2, 0.25) is 0 Å². The molecule has 0 fully saturated rings. The molecule has 0 unspecified atom stereocenters.